The molecule has 0 fully saturated rings. The zero-order valence-electron chi connectivity index (χ0n) is 17.2. The smallest absolute Gasteiger partial charge is 0.269 e. The molecular weight excluding hydrogens is 408 g/mol. The van der Waals surface area contributed by atoms with Crippen molar-refractivity contribution < 1.29 is 18.1 Å². The van der Waals surface area contributed by atoms with Gasteiger partial charge in [-0.1, -0.05) is 39.0 Å². The summed E-state index contributed by atoms with van der Waals surface area (Å²) in [4.78, 5) is 22.8. The number of hydrazone groups is 1. The molecule has 0 aromatic heterocycles. The molecule has 160 valence electrons. The zero-order valence-corrected chi connectivity index (χ0v) is 18.0. The van der Waals surface area contributed by atoms with Gasteiger partial charge in [-0.05, 0) is 31.2 Å². The Bertz CT molecular complexity index is 1040. The molecule has 0 atom stereocenters. The summed E-state index contributed by atoms with van der Waals surface area (Å²) in [5.74, 6) is -0.642. The summed E-state index contributed by atoms with van der Waals surface area (Å²) in [6, 6.07) is 12.6. The van der Waals surface area contributed by atoms with Crippen LogP contribution >= 0.6 is 0 Å². The maximum absolute atomic E-state index is 13.2. The van der Waals surface area contributed by atoms with Crippen molar-refractivity contribution >= 4 is 33.0 Å². The number of carbonyl (C=O) groups is 1. The van der Waals surface area contributed by atoms with Gasteiger partial charge in [0, 0.05) is 23.3 Å². The fourth-order valence-corrected chi connectivity index (χ4v) is 3.70. The van der Waals surface area contributed by atoms with Gasteiger partial charge in [-0.25, -0.2) is 13.8 Å². The number of benzene rings is 2. The molecular formula is C20H24N4O5S. The van der Waals surface area contributed by atoms with Gasteiger partial charge in [-0.2, -0.15) is 5.10 Å². The van der Waals surface area contributed by atoms with E-state index in [2.05, 4.69) is 10.5 Å². The number of non-ortho nitro benzene ring substituents is 1. The number of rotatable bonds is 7. The van der Waals surface area contributed by atoms with Crippen LogP contribution in [0.1, 0.15) is 27.7 Å². The SMILES string of the molecule is CC(=NNC(=O)CN(c1ccc([N+](=O)[O-])cc1)S(=O)(=O)c1ccccc1)C(C)(C)C. The molecule has 0 aliphatic carbocycles. The number of nitrogens with zero attached hydrogens (tertiary/aromatic N) is 3. The topological polar surface area (TPSA) is 122 Å². The highest BCUT2D eigenvalue weighted by Gasteiger charge is 2.27. The van der Waals surface area contributed by atoms with E-state index in [4.69, 9.17) is 0 Å². The number of hydrogen-bond acceptors (Lipinski definition) is 6. The number of sulfonamides is 1. The fourth-order valence-electron chi connectivity index (χ4n) is 2.26. The van der Waals surface area contributed by atoms with Crippen LogP contribution in [0.15, 0.2) is 64.6 Å². The third kappa shape index (κ3) is 5.63. The van der Waals surface area contributed by atoms with Crippen LogP contribution in [0.3, 0.4) is 0 Å². The number of nitrogens with one attached hydrogen (secondary N) is 1. The quantitative estimate of drug-likeness (QED) is 0.408. The average molecular weight is 433 g/mol. The first-order valence-corrected chi connectivity index (χ1v) is 10.5. The lowest BCUT2D eigenvalue weighted by atomic mass is 9.91. The van der Waals surface area contributed by atoms with Gasteiger partial charge < -0.3 is 0 Å². The Morgan fingerprint density at radius 1 is 1.10 bits per heavy atom. The Morgan fingerprint density at radius 3 is 2.17 bits per heavy atom. The molecule has 0 saturated carbocycles. The molecule has 0 unspecified atom stereocenters. The summed E-state index contributed by atoms with van der Waals surface area (Å²) < 4.78 is 27.2. The molecule has 1 N–H and O–H groups in total. The molecule has 0 aliphatic rings. The number of amides is 1. The molecule has 0 bridgehead atoms. The van der Waals surface area contributed by atoms with Crippen LogP contribution in [0, 0.1) is 15.5 Å². The standard InChI is InChI=1S/C20H24N4O5S/c1-15(20(2,3)4)21-22-19(25)14-23(16-10-12-17(13-11-16)24(26)27)30(28,29)18-8-6-5-7-9-18/h5-13H,14H2,1-4H3,(H,22,25). The number of hydrogen-bond donors (Lipinski definition) is 1. The highest BCUT2D eigenvalue weighted by molar-refractivity contribution is 7.92. The third-order valence-corrected chi connectivity index (χ3v) is 6.19. The van der Waals surface area contributed by atoms with Gasteiger partial charge in [0.2, 0.25) is 0 Å². The predicted octanol–water partition coefficient (Wildman–Crippen LogP) is 3.33. The zero-order chi connectivity index (χ0) is 22.5. The van der Waals surface area contributed by atoms with Gasteiger partial charge >= 0.3 is 0 Å². The molecule has 0 heterocycles. The third-order valence-electron chi connectivity index (χ3n) is 4.40. The first kappa shape index (κ1) is 23.0. The number of nitro benzene ring substituents is 1. The van der Waals surface area contributed by atoms with E-state index in [9.17, 15) is 23.3 Å². The van der Waals surface area contributed by atoms with E-state index in [0.29, 0.717) is 5.71 Å². The lowest BCUT2D eigenvalue weighted by Gasteiger charge is -2.24. The van der Waals surface area contributed by atoms with E-state index >= 15 is 0 Å². The van der Waals surface area contributed by atoms with E-state index < -0.39 is 27.4 Å². The fraction of sp³-hybridized carbons (Fsp3) is 0.300. The van der Waals surface area contributed by atoms with Crippen LogP contribution in [0.25, 0.3) is 0 Å². The predicted molar refractivity (Wildman–Crippen MR) is 115 cm³/mol. The first-order valence-electron chi connectivity index (χ1n) is 9.09. The highest BCUT2D eigenvalue weighted by Crippen LogP contribution is 2.25. The van der Waals surface area contributed by atoms with Crippen molar-refractivity contribution in [2.75, 3.05) is 10.8 Å². The monoisotopic (exact) mass is 432 g/mol. The van der Waals surface area contributed by atoms with Crippen molar-refractivity contribution in [3.05, 3.63) is 64.7 Å². The van der Waals surface area contributed by atoms with Crippen molar-refractivity contribution in [3.63, 3.8) is 0 Å². The first-order chi connectivity index (χ1) is 13.9. The second-order valence-corrected chi connectivity index (χ2v) is 9.44. The number of anilines is 1. The van der Waals surface area contributed by atoms with Gasteiger partial charge in [0.1, 0.15) is 6.54 Å². The maximum atomic E-state index is 13.2. The van der Waals surface area contributed by atoms with Gasteiger partial charge in [0.15, 0.2) is 0 Å². The van der Waals surface area contributed by atoms with Crippen molar-refractivity contribution in [1.29, 1.82) is 0 Å². The molecule has 1 amide bonds. The van der Waals surface area contributed by atoms with E-state index in [1.807, 2.05) is 20.8 Å². The summed E-state index contributed by atoms with van der Waals surface area (Å²) in [6.45, 7) is 7.01. The van der Waals surface area contributed by atoms with Crippen LogP contribution in [-0.2, 0) is 14.8 Å². The number of nitro groups is 1. The number of carbonyl (C=O) groups excluding carboxylic acids is 1. The maximum Gasteiger partial charge on any atom is 0.269 e. The molecule has 2 rings (SSSR count). The molecule has 9 nitrogen and oxygen atoms in total. The molecule has 0 spiro atoms. The minimum absolute atomic E-state index is 0.00877. The molecule has 10 heteroatoms. The summed E-state index contributed by atoms with van der Waals surface area (Å²) in [5.41, 5.74) is 2.72. The normalized spacial score (nSPS) is 12.3. The molecule has 0 saturated heterocycles. The van der Waals surface area contributed by atoms with E-state index in [1.165, 1.54) is 36.4 Å². The van der Waals surface area contributed by atoms with Gasteiger partial charge in [0.05, 0.1) is 15.5 Å². The van der Waals surface area contributed by atoms with Crippen molar-refractivity contribution in [3.8, 4) is 0 Å². The van der Waals surface area contributed by atoms with Crippen LogP contribution < -0.4 is 9.73 Å². The summed E-state index contributed by atoms with van der Waals surface area (Å²) >= 11 is 0. The summed E-state index contributed by atoms with van der Waals surface area (Å²) in [7, 11) is -4.10. The summed E-state index contributed by atoms with van der Waals surface area (Å²) in [6.07, 6.45) is 0. The van der Waals surface area contributed by atoms with Gasteiger partial charge in [-0.3, -0.25) is 19.2 Å². The van der Waals surface area contributed by atoms with Crippen LogP contribution in [-0.4, -0.2) is 31.5 Å². The molecule has 0 aliphatic heterocycles. The van der Waals surface area contributed by atoms with Crippen LogP contribution in [0.2, 0.25) is 0 Å². The van der Waals surface area contributed by atoms with Gasteiger partial charge in [-0.15, -0.1) is 0 Å². The Kier molecular flexibility index (Phi) is 6.93. The molecule has 2 aromatic rings. The van der Waals surface area contributed by atoms with E-state index in [1.54, 1.807) is 25.1 Å². The van der Waals surface area contributed by atoms with Crippen LogP contribution in [0.5, 0.6) is 0 Å². The van der Waals surface area contributed by atoms with Gasteiger partial charge in [0.25, 0.3) is 21.6 Å². The molecule has 2 aromatic carbocycles. The Balaban J connectivity index is 2.39. The summed E-state index contributed by atoms with van der Waals surface area (Å²) in [5, 5.41) is 14.9. The minimum atomic E-state index is -4.10. The minimum Gasteiger partial charge on any atom is -0.271 e. The second-order valence-electron chi connectivity index (χ2n) is 7.58. The Hall–Kier alpha value is -3.27. The largest absolute Gasteiger partial charge is 0.271 e. The van der Waals surface area contributed by atoms with Crippen molar-refractivity contribution in [1.82, 2.24) is 5.43 Å². The van der Waals surface area contributed by atoms with Crippen LogP contribution in [0.4, 0.5) is 11.4 Å². The van der Waals surface area contributed by atoms with Crippen molar-refractivity contribution in [2.45, 2.75) is 32.6 Å². The van der Waals surface area contributed by atoms with E-state index in [0.717, 1.165) is 4.31 Å². The lowest BCUT2D eigenvalue weighted by Crippen LogP contribution is -2.40. The molecule has 30 heavy (non-hydrogen) atoms. The highest BCUT2D eigenvalue weighted by atomic mass is 32.2. The Labute approximate surface area is 175 Å². The lowest BCUT2D eigenvalue weighted by molar-refractivity contribution is -0.384. The second kappa shape index (κ2) is 9.04. The molecule has 0 radical (unpaired) electrons. The van der Waals surface area contributed by atoms with Crippen molar-refractivity contribution in [2.24, 2.45) is 10.5 Å². The Morgan fingerprint density at radius 2 is 1.67 bits per heavy atom. The van der Waals surface area contributed by atoms with E-state index in [-0.39, 0.29) is 21.7 Å². The average Bonchev–Trinajstić information content (AvgIpc) is 2.70.